The Morgan fingerprint density at radius 3 is 2.92 bits per heavy atom. The number of nitrogens with zero attached hydrogens (tertiary/aromatic N) is 1. The predicted octanol–water partition coefficient (Wildman–Crippen LogP) is 4.27. The summed E-state index contributed by atoms with van der Waals surface area (Å²) in [7, 11) is 0. The van der Waals surface area contributed by atoms with Gasteiger partial charge in [-0.1, -0.05) is 43.0 Å². The quantitative estimate of drug-likeness (QED) is 0.627. The molecule has 0 saturated heterocycles. The molecule has 0 saturated carbocycles. The molecule has 126 valence electrons. The molecular weight excluding hydrogens is 300 g/mol. The number of allylic oxidation sites excluding steroid dienone is 3. The smallest absolute Gasteiger partial charge is 0.275 e. The fourth-order valence-corrected chi connectivity index (χ4v) is 2.53. The molecule has 1 aromatic carbocycles. The molecule has 0 bridgehead atoms. The van der Waals surface area contributed by atoms with Gasteiger partial charge in [0.25, 0.3) is 5.91 Å². The predicted molar refractivity (Wildman–Crippen MR) is 98.3 cm³/mol. The fraction of sp³-hybridized carbons (Fsp3) is 0.300. The maximum Gasteiger partial charge on any atom is 0.275 e. The van der Waals surface area contributed by atoms with E-state index in [9.17, 15) is 4.79 Å². The van der Waals surface area contributed by atoms with Crippen molar-refractivity contribution < 1.29 is 9.53 Å². The number of rotatable bonds is 6. The van der Waals surface area contributed by atoms with E-state index in [1.54, 1.807) is 24.3 Å². The van der Waals surface area contributed by atoms with Gasteiger partial charge in [-0.25, -0.2) is 5.43 Å². The van der Waals surface area contributed by atoms with Crippen LogP contribution in [-0.4, -0.2) is 18.2 Å². The second kappa shape index (κ2) is 8.29. The SMILES string of the molecule is C=CCOc1ccccc1C(=O)NN=C1CC(C(=C)C)CC=C1C. The van der Waals surface area contributed by atoms with E-state index >= 15 is 0 Å². The summed E-state index contributed by atoms with van der Waals surface area (Å²) in [5.41, 5.74) is 6.24. The highest BCUT2D eigenvalue weighted by Crippen LogP contribution is 2.26. The molecule has 1 atom stereocenters. The lowest BCUT2D eigenvalue weighted by Crippen LogP contribution is -2.23. The summed E-state index contributed by atoms with van der Waals surface area (Å²) in [5.74, 6) is 0.616. The summed E-state index contributed by atoms with van der Waals surface area (Å²) in [4.78, 5) is 12.4. The Kier molecular flexibility index (Phi) is 6.13. The third-order valence-corrected chi connectivity index (χ3v) is 4.08. The number of para-hydroxylation sites is 1. The lowest BCUT2D eigenvalue weighted by atomic mass is 9.85. The van der Waals surface area contributed by atoms with Gasteiger partial charge in [-0.15, -0.1) is 0 Å². The Bertz CT molecular complexity index is 701. The zero-order valence-corrected chi connectivity index (χ0v) is 14.3. The summed E-state index contributed by atoms with van der Waals surface area (Å²) in [6, 6.07) is 7.10. The molecule has 1 unspecified atom stereocenters. The van der Waals surface area contributed by atoms with Crippen LogP contribution in [0.3, 0.4) is 0 Å². The summed E-state index contributed by atoms with van der Waals surface area (Å²) < 4.78 is 5.52. The molecule has 1 aliphatic rings. The third-order valence-electron chi connectivity index (χ3n) is 4.08. The first-order valence-electron chi connectivity index (χ1n) is 8.05. The molecule has 4 nitrogen and oxygen atoms in total. The average molecular weight is 324 g/mol. The van der Waals surface area contributed by atoms with E-state index in [1.165, 1.54) is 0 Å². The summed E-state index contributed by atoms with van der Waals surface area (Å²) >= 11 is 0. The van der Waals surface area contributed by atoms with Crippen molar-refractivity contribution in [2.75, 3.05) is 6.61 Å². The monoisotopic (exact) mass is 324 g/mol. The van der Waals surface area contributed by atoms with E-state index in [2.05, 4.69) is 29.8 Å². The lowest BCUT2D eigenvalue weighted by molar-refractivity contribution is 0.0951. The molecule has 0 fully saturated rings. The number of benzene rings is 1. The highest BCUT2D eigenvalue weighted by atomic mass is 16.5. The van der Waals surface area contributed by atoms with Crippen LogP contribution in [0.5, 0.6) is 5.75 Å². The molecule has 4 heteroatoms. The van der Waals surface area contributed by atoms with Gasteiger partial charge in [0.15, 0.2) is 0 Å². The molecular formula is C20H24N2O2. The van der Waals surface area contributed by atoms with Gasteiger partial charge in [0.05, 0.1) is 11.3 Å². The van der Waals surface area contributed by atoms with E-state index in [4.69, 9.17) is 4.74 Å². The summed E-state index contributed by atoms with van der Waals surface area (Å²) in [5, 5.41) is 4.33. The van der Waals surface area contributed by atoms with Gasteiger partial charge in [-0.2, -0.15) is 5.10 Å². The molecule has 0 radical (unpaired) electrons. The zero-order chi connectivity index (χ0) is 17.5. The van der Waals surface area contributed by atoms with Gasteiger partial charge in [0.1, 0.15) is 12.4 Å². The van der Waals surface area contributed by atoms with Crippen LogP contribution in [0.25, 0.3) is 0 Å². The highest BCUT2D eigenvalue weighted by Gasteiger charge is 2.19. The summed E-state index contributed by atoms with van der Waals surface area (Å²) in [6.07, 6.45) is 5.57. The molecule has 0 spiro atoms. The van der Waals surface area contributed by atoms with Crippen LogP contribution in [0.4, 0.5) is 0 Å². The molecule has 1 aliphatic carbocycles. The molecule has 0 heterocycles. The van der Waals surface area contributed by atoms with Crippen LogP contribution in [0.2, 0.25) is 0 Å². The minimum absolute atomic E-state index is 0.285. The first-order chi connectivity index (χ1) is 11.5. The Morgan fingerprint density at radius 2 is 2.21 bits per heavy atom. The fourth-order valence-electron chi connectivity index (χ4n) is 2.53. The van der Waals surface area contributed by atoms with Crippen molar-refractivity contribution in [1.82, 2.24) is 5.43 Å². The van der Waals surface area contributed by atoms with Crippen molar-refractivity contribution in [2.45, 2.75) is 26.7 Å². The normalized spacial score (nSPS) is 18.7. The van der Waals surface area contributed by atoms with Gasteiger partial charge in [0.2, 0.25) is 0 Å². The number of hydrogen-bond donors (Lipinski definition) is 1. The Hall–Kier alpha value is -2.62. The van der Waals surface area contributed by atoms with Crippen LogP contribution in [0.15, 0.2) is 65.8 Å². The highest BCUT2D eigenvalue weighted by molar-refractivity contribution is 6.03. The topological polar surface area (TPSA) is 50.7 Å². The Labute approximate surface area is 143 Å². The Balaban J connectivity index is 2.12. The second-order valence-corrected chi connectivity index (χ2v) is 5.97. The first-order valence-corrected chi connectivity index (χ1v) is 8.05. The number of carbonyl (C=O) groups excluding carboxylic acids is 1. The van der Waals surface area contributed by atoms with Crippen molar-refractivity contribution >= 4 is 11.6 Å². The molecule has 24 heavy (non-hydrogen) atoms. The molecule has 1 N–H and O–H groups in total. The maximum atomic E-state index is 12.4. The first kappa shape index (κ1) is 17.7. The molecule has 0 aromatic heterocycles. The largest absolute Gasteiger partial charge is 0.489 e. The average Bonchev–Trinajstić information content (AvgIpc) is 2.59. The van der Waals surface area contributed by atoms with Crippen LogP contribution in [0, 0.1) is 5.92 Å². The number of ether oxygens (including phenoxy) is 1. The van der Waals surface area contributed by atoms with E-state index in [0.717, 1.165) is 29.7 Å². The zero-order valence-electron chi connectivity index (χ0n) is 14.3. The molecule has 1 amide bonds. The lowest BCUT2D eigenvalue weighted by Gasteiger charge is -2.22. The van der Waals surface area contributed by atoms with Crippen molar-refractivity contribution in [3.63, 3.8) is 0 Å². The number of nitrogens with one attached hydrogen (secondary N) is 1. The van der Waals surface area contributed by atoms with E-state index in [1.807, 2.05) is 19.9 Å². The molecule has 0 aliphatic heterocycles. The van der Waals surface area contributed by atoms with E-state index in [0.29, 0.717) is 23.8 Å². The van der Waals surface area contributed by atoms with Crippen molar-refractivity contribution in [1.29, 1.82) is 0 Å². The Morgan fingerprint density at radius 1 is 1.46 bits per heavy atom. The van der Waals surface area contributed by atoms with Crippen molar-refractivity contribution in [3.8, 4) is 5.75 Å². The third kappa shape index (κ3) is 4.44. The van der Waals surface area contributed by atoms with Gasteiger partial charge in [-0.05, 0) is 50.3 Å². The van der Waals surface area contributed by atoms with Crippen LogP contribution in [-0.2, 0) is 0 Å². The maximum absolute atomic E-state index is 12.4. The van der Waals surface area contributed by atoms with Crippen LogP contribution < -0.4 is 10.2 Å². The van der Waals surface area contributed by atoms with Crippen LogP contribution >= 0.6 is 0 Å². The number of amides is 1. The van der Waals surface area contributed by atoms with Crippen LogP contribution in [0.1, 0.15) is 37.0 Å². The minimum Gasteiger partial charge on any atom is -0.489 e. The van der Waals surface area contributed by atoms with Gasteiger partial charge >= 0.3 is 0 Å². The minimum atomic E-state index is -0.285. The van der Waals surface area contributed by atoms with Gasteiger partial charge in [0, 0.05) is 0 Å². The second-order valence-electron chi connectivity index (χ2n) is 5.97. The van der Waals surface area contributed by atoms with E-state index in [-0.39, 0.29) is 5.91 Å². The number of hydrazone groups is 1. The van der Waals surface area contributed by atoms with E-state index < -0.39 is 0 Å². The molecule has 1 aromatic rings. The number of hydrogen-bond acceptors (Lipinski definition) is 3. The van der Waals surface area contributed by atoms with Gasteiger partial charge in [-0.3, -0.25) is 4.79 Å². The van der Waals surface area contributed by atoms with Crippen molar-refractivity contribution in [2.24, 2.45) is 11.0 Å². The molecule has 2 rings (SSSR count). The number of carbonyl (C=O) groups is 1. The standard InChI is InChI=1S/C20H24N2O2/c1-5-12-24-19-9-7-6-8-17(19)20(23)22-21-18-13-16(14(2)3)11-10-15(18)4/h5-10,16H,1-2,11-13H2,3-4H3,(H,22,23). The summed E-state index contributed by atoms with van der Waals surface area (Å²) in [6.45, 7) is 12.0. The van der Waals surface area contributed by atoms with Crippen molar-refractivity contribution in [3.05, 3.63) is 66.3 Å². The van der Waals surface area contributed by atoms with Gasteiger partial charge < -0.3 is 4.74 Å².